The molecular formula is C110H150. The highest BCUT2D eigenvalue weighted by Gasteiger charge is 2.48. The van der Waals surface area contributed by atoms with E-state index >= 15 is 0 Å². The van der Waals surface area contributed by atoms with Gasteiger partial charge in [-0.05, 0) is 187 Å². The minimum absolute atomic E-state index is 0. The lowest BCUT2D eigenvalue weighted by molar-refractivity contribution is 0.189. The van der Waals surface area contributed by atoms with Crippen molar-refractivity contribution >= 4 is 0 Å². The van der Waals surface area contributed by atoms with E-state index in [-0.39, 0.29) is 23.7 Å². The van der Waals surface area contributed by atoms with Crippen LogP contribution in [-0.2, 0) is 0 Å². The molecule has 0 aromatic heterocycles. The second kappa shape index (κ2) is 46.9. The Morgan fingerprint density at radius 2 is 0.564 bits per heavy atom. The van der Waals surface area contributed by atoms with Crippen LogP contribution in [-0.4, -0.2) is 0 Å². The minimum Gasteiger partial charge on any atom is -0.124 e. The van der Waals surface area contributed by atoms with Gasteiger partial charge in [-0.3, -0.25) is 0 Å². The van der Waals surface area contributed by atoms with E-state index in [2.05, 4.69) is 340 Å². The summed E-state index contributed by atoms with van der Waals surface area (Å²) in [5.41, 5.74) is 34.9. The Balaban J connectivity index is 0.000000461. The molecule has 1 unspecified atom stereocenters. The SMILES string of the molecule is C.C#C.C#C.CC.CC.CC.CC.CC.CC.CC.CC.CC(C)(C1=CC=CC1)C1c2ccccc2-c2ccccc21.CC(C)(C1CCCC1)C1c2ccccc2-c2ccccc21.CC1=C(C)C(C)C(C(C)(C)C2c3ccccc3-c3ccccc32)=C1C.CC1=CC=C(C(C)(C)C2c3ccccc3-c3ccccc32)C1. The fraction of sp³-hybridized carbons (Fsp3) is 0.418. The molecule has 0 nitrogen and oxygen atoms in total. The molecule has 0 spiro atoms. The molecule has 0 radical (unpaired) electrons. The van der Waals surface area contributed by atoms with Crippen molar-refractivity contribution in [2.24, 2.45) is 33.5 Å². The average Bonchev–Trinajstić information content (AvgIpc) is 1.57. The van der Waals surface area contributed by atoms with Gasteiger partial charge in [-0.25, -0.2) is 0 Å². The van der Waals surface area contributed by atoms with E-state index in [0.717, 1.165) is 18.8 Å². The van der Waals surface area contributed by atoms with Crippen LogP contribution < -0.4 is 0 Å². The van der Waals surface area contributed by atoms with E-state index in [4.69, 9.17) is 0 Å². The second-order valence-electron chi connectivity index (χ2n) is 29.7. The maximum Gasteiger partial charge on any atom is 0.0190 e. The summed E-state index contributed by atoms with van der Waals surface area (Å²) in [7, 11) is 0. The molecule has 0 heteroatoms. The lowest BCUT2D eigenvalue weighted by Crippen LogP contribution is -2.29. The van der Waals surface area contributed by atoms with Crippen LogP contribution in [0.15, 0.2) is 264 Å². The Morgan fingerprint density at radius 1 is 0.309 bits per heavy atom. The van der Waals surface area contributed by atoms with Crippen LogP contribution in [0.5, 0.6) is 0 Å². The van der Waals surface area contributed by atoms with E-state index in [1.807, 2.05) is 111 Å². The molecule has 16 rings (SSSR count). The van der Waals surface area contributed by atoms with E-state index in [0.29, 0.717) is 35.0 Å². The molecule has 0 saturated heterocycles. The molecule has 0 amide bonds. The number of fused-ring (bicyclic) bond motifs is 12. The van der Waals surface area contributed by atoms with E-state index in [1.165, 1.54) is 120 Å². The van der Waals surface area contributed by atoms with Gasteiger partial charge in [0.05, 0.1) is 0 Å². The lowest BCUT2D eigenvalue weighted by atomic mass is 9.65. The quantitative estimate of drug-likeness (QED) is 0.133. The molecule has 0 heterocycles. The summed E-state index contributed by atoms with van der Waals surface area (Å²) in [6.45, 7) is 63.1. The van der Waals surface area contributed by atoms with Crippen molar-refractivity contribution in [2.75, 3.05) is 0 Å². The van der Waals surface area contributed by atoms with Gasteiger partial charge in [0.25, 0.3) is 0 Å². The standard InChI is InChI=1S/C25H28.C22H22.C21H24.C21H20.8C2H6.2C2H2.CH4/c1-15-16(2)18(4)23(17(15)3)25(5,6)24-21-13-9-7-11-19(21)20-12-8-10-14-22(20)24;1-15-12-13-16(14-15)22(2,3)21-19-10-6-4-8-17(19)18-9-5-7-11-20(18)21;2*1-21(2,15-9-3-4-10-15)20-18-13-7-5-11-16(18)17-12-6-8-14-19(17)20;10*1-2;/h7-14,17,24H,1-6H3;4-13,21H,14H2,1-3H3;5-8,11-15,20H,3-4,9-10H2,1-2H3;3-9,11-14,20H,10H2,1-2H3;8*1-2H3;2*1-2H;1H4. The zero-order chi connectivity index (χ0) is 82.1. The smallest absolute Gasteiger partial charge is 0.0190 e. The first-order valence-electron chi connectivity index (χ1n) is 42.3. The summed E-state index contributed by atoms with van der Waals surface area (Å²) in [6, 6.07) is 71.8. The predicted octanol–water partition coefficient (Wildman–Crippen LogP) is 34.3. The van der Waals surface area contributed by atoms with Gasteiger partial charge >= 0.3 is 0 Å². The van der Waals surface area contributed by atoms with E-state index < -0.39 is 0 Å². The molecule has 0 N–H and O–H groups in total. The Hall–Kier alpha value is -8.68. The van der Waals surface area contributed by atoms with E-state index in [9.17, 15) is 0 Å². The number of hydrogen-bond donors (Lipinski definition) is 0. The molecule has 0 aliphatic heterocycles. The fourth-order valence-corrected chi connectivity index (χ4v) is 18.6. The van der Waals surface area contributed by atoms with Crippen molar-refractivity contribution in [1.82, 2.24) is 0 Å². The van der Waals surface area contributed by atoms with Crippen molar-refractivity contribution in [1.29, 1.82) is 0 Å². The first-order valence-corrected chi connectivity index (χ1v) is 42.3. The molecule has 8 aromatic rings. The monoisotopic (exact) mass is 1470 g/mol. The van der Waals surface area contributed by atoms with Crippen LogP contribution in [0.2, 0.25) is 0 Å². The van der Waals surface area contributed by atoms with Gasteiger partial charge in [0.1, 0.15) is 0 Å². The van der Waals surface area contributed by atoms with Crippen molar-refractivity contribution in [3.8, 4) is 70.2 Å². The molecule has 8 aromatic carbocycles. The summed E-state index contributed by atoms with van der Waals surface area (Å²) in [5.74, 6) is 3.29. The number of rotatable bonds is 8. The zero-order valence-electron chi connectivity index (χ0n) is 73.9. The van der Waals surface area contributed by atoms with Gasteiger partial charge in [-0.15, -0.1) is 25.7 Å². The normalized spacial score (nSPS) is 15.3. The van der Waals surface area contributed by atoms with Gasteiger partial charge < -0.3 is 0 Å². The summed E-state index contributed by atoms with van der Waals surface area (Å²) in [5, 5.41) is 0. The highest BCUT2D eigenvalue weighted by molar-refractivity contribution is 5.83. The third kappa shape index (κ3) is 20.1. The van der Waals surface area contributed by atoms with Crippen molar-refractivity contribution in [3.63, 3.8) is 0 Å². The molecule has 0 bridgehead atoms. The van der Waals surface area contributed by atoms with Gasteiger partial charge in [-0.1, -0.05) is 446 Å². The highest BCUT2D eigenvalue weighted by atomic mass is 14.5. The van der Waals surface area contributed by atoms with E-state index in [1.54, 1.807) is 33.4 Å². The largest absolute Gasteiger partial charge is 0.124 e. The average molecular weight is 1470 g/mol. The number of allylic oxidation sites excluding steroid dienone is 12. The molecule has 8 aliphatic rings. The molecule has 110 heavy (non-hydrogen) atoms. The first-order chi connectivity index (χ1) is 52.8. The molecule has 8 aliphatic carbocycles. The molecule has 1 saturated carbocycles. The number of hydrogen-bond acceptors (Lipinski definition) is 0. The van der Waals surface area contributed by atoms with Crippen LogP contribution in [0.3, 0.4) is 0 Å². The van der Waals surface area contributed by atoms with Crippen LogP contribution >= 0.6 is 0 Å². The molecule has 1 atom stereocenters. The van der Waals surface area contributed by atoms with Crippen molar-refractivity contribution in [2.45, 2.75) is 270 Å². The Kier molecular flexibility index (Phi) is 41.5. The highest BCUT2D eigenvalue weighted by Crippen LogP contribution is 2.62. The van der Waals surface area contributed by atoms with Crippen LogP contribution in [0, 0.1) is 59.2 Å². The number of benzene rings is 8. The second-order valence-corrected chi connectivity index (χ2v) is 29.7. The summed E-state index contributed by atoms with van der Waals surface area (Å²) in [6.07, 6.45) is 35.3. The van der Waals surface area contributed by atoms with Crippen molar-refractivity contribution < 1.29 is 0 Å². The third-order valence-corrected chi connectivity index (χ3v) is 23.5. The Morgan fingerprint density at radius 3 is 0.800 bits per heavy atom. The van der Waals surface area contributed by atoms with Crippen molar-refractivity contribution in [3.05, 3.63) is 308 Å². The van der Waals surface area contributed by atoms with Gasteiger partial charge in [0, 0.05) is 23.7 Å². The lowest BCUT2D eigenvalue weighted by Gasteiger charge is -2.39. The predicted molar refractivity (Wildman–Crippen MR) is 498 cm³/mol. The van der Waals surface area contributed by atoms with Gasteiger partial charge in [0.2, 0.25) is 0 Å². The van der Waals surface area contributed by atoms with Crippen LogP contribution in [0.25, 0.3) is 44.5 Å². The number of terminal acetylenes is 2. The Labute approximate surface area is 677 Å². The molecule has 590 valence electrons. The zero-order valence-corrected chi connectivity index (χ0v) is 73.9. The van der Waals surface area contributed by atoms with Gasteiger partial charge in [0.15, 0.2) is 0 Å². The third-order valence-electron chi connectivity index (χ3n) is 23.5. The molecular weight excluding hydrogens is 1320 g/mol. The van der Waals surface area contributed by atoms with Crippen LogP contribution in [0.4, 0.5) is 0 Å². The van der Waals surface area contributed by atoms with Crippen LogP contribution in [0.1, 0.15) is 315 Å². The maximum atomic E-state index is 4.00. The fourth-order valence-electron chi connectivity index (χ4n) is 18.6. The summed E-state index contributed by atoms with van der Waals surface area (Å²) in [4.78, 5) is 0. The Bertz CT molecular complexity index is 4150. The molecule has 1 fully saturated rings. The van der Waals surface area contributed by atoms with Gasteiger partial charge in [-0.2, -0.15) is 0 Å². The minimum atomic E-state index is 0. The maximum absolute atomic E-state index is 4.00. The topological polar surface area (TPSA) is 0 Å². The summed E-state index contributed by atoms with van der Waals surface area (Å²) < 4.78 is 0. The summed E-state index contributed by atoms with van der Waals surface area (Å²) >= 11 is 0. The first kappa shape index (κ1) is 97.4.